The molecule has 1 atom stereocenters. The largest absolute Gasteiger partial charge is 0.389 e. The van der Waals surface area contributed by atoms with Gasteiger partial charge in [-0.25, -0.2) is 8.78 Å². The Morgan fingerprint density at radius 2 is 1.89 bits per heavy atom. The van der Waals surface area contributed by atoms with Gasteiger partial charge in [-0.05, 0) is 91.5 Å². The quantitative estimate of drug-likeness (QED) is 0.402. The zero-order valence-corrected chi connectivity index (χ0v) is 25.9. The minimum Gasteiger partial charge on any atom is -0.389 e. The van der Waals surface area contributed by atoms with E-state index in [1.54, 1.807) is 55.9 Å². The molecule has 1 fully saturated rings. The van der Waals surface area contributed by atoms with Gasteiger partial charge in [-0.1, -0.05) is 6.07 Å². The first-order valence-corrected chi connectivity index (χ1v) is 15.5. The molecule has 8 nitrogen and oxygen atoms in total. The van der Waals surface area contributed by atoms with Gasteiger partial charge in [0.2, 0.25) is 11.8 Å². The number of fused-ring (bicyclic) bond motifs is 2. The van der Waals surface area contributed by atoms with Crippen molar-refractivity contribution < 1.29 is 23.5 Å². The number of rotatable bonds is 6. The fraction of sp³-hybridized carbons (Fsp3) is 0.500. The molecule has 1 aromatic heterocycles. The lowest BCUT2D eigenvalue weighted by Gasteiger charge is -2.39. The second kappa shape index (κ2) is 11.6. The highest BCUT2D eigenvalue weighted by Crippen LogP contribution is 2.45. The molecule has 2 amide bonds. The van der Waals surface area contributed by atoms with Gasteiger partial charge in [-0.2, -0.15) is 5.10 Å². The van der Waals surface area contributed by atoms with Crippen molar-refractivity contribution in [3.8, 4) is 11.1 Å². The molecule has 6 rings (SSSR count). The van der Waals surface area contributed by atoms with Crippen molar-refractivity contribution in [2.24, 2.45) is 7.05 Å². The number of hydrogen-bond donors (Lipinski definition) is 1. The lowest BCUT2D eigenvalue weighted by atomic mass is 9.84. The molecule has 0 spiro atoms. The molecule has 1 unspecified atom stereocenters. The van der Waals surface area contributed by atoms with E-state index < -0.39 is 12.0 Å². The van der Waals surface area contributed by atoms with Gasteiger partial charge in [0, 0.05) is 81.8 Å². The number of hydrogen-bond acceptors (Lipinski definition) is 5. The first kappa shape index (κ1) is 30.2. The van der Waals surface area contributed by atoms with Crippen LogP contribution in [0.15, 0.2) is 36.7 Å². The van der Waals surface area contributed by atoms with E-state index in [4.69, 9.17) is 0 Å². The Labute approximate surface area is 257 Å². The lowest BCUT2D eigenvalue weighted by molar-refractivity contribution is -0.137. The van der Waals surface area contributed by atoms with E-state index in [1.165, 1.54) is 0 Å². The maximum Gasteiger partial charge on any atom is 0.264 e. The number of amides is 2. The second-order valence-electron chi connectivity index (χ2n) is 13.2. The third-order valence-corrected chi connectivity index (χ3v) is 9.27. The van der Waals surface area contributed by atoms with Crippen LogP contribution in [0.3, 0.4) is 0 Å². The van der Waals surface area contributed by atoms with Crippen LogP contribution in [0.5, 0.6) is 0 Å². The minimum atomic E-state index is -2.66. The molecular weight excluding hydrogens is 564 g/mol. The van der Waals surface area contributed by atoms with Crippen molar-refractivity contribution in [1.82, 2.24) is 19.6 Å². The maximum atomic E-state index is 14.6. The van der Waals surface area contributed by atoms with Crippen molar-refractivity contribution in [3.05, 3.63) is 64.5 Å². The molecule has 1 N–H and O–H groups in total. The summed E-state index contributed by atoms with van der Waals surface area (Å²) in [5.74, 6) is 0.0538. The smallest absolute Gasteiger partial charge is 0.264 e. The van der Waals surface area contributed by atoms with Gasteiger partial charge in [-0.3, -0.25) is 14.3 Å². The van der Waals surface area contributed by atoms with Gasteiger partial charge < -0.3 is 19.8 Å². The molecular formula is C34H41F2N5O3. The van der Waals surface area contributed by atoms with Gasteiger partial charge in [0.25, 0.3) is 6.43 Å². The molecule has 3 aromatic rings. The zero-order valence-electron chi connectivity index (χ0n) is 25.9. The van der Waals surface area contributed by atoms with E-state index in [9.17, 15) is 23.5 Å². The zero-order chi connectivity index (χ0) is 31.3. The first-order valence-electron chi connectivity index (χ1n) is 15.5. The summed E-state index contributed by atoms with van der Waals surface area (Å²) < 4.78 is 30.8. The third-order valence-electron chi connectivity index (χ3n) is 9.27. The number of aromatic nitrogens is 2. The van der Waals surface area contributed by atoms with Gasteiger partial charge >= 0.3 is 0 Å². The van der Waals surface area contributed by atoms with Crippen LogP contribution in [0, 0.1) is 0 Å². The van der Waals surface area contributed by atoms with Crippen LogP contribution in [-0.2, 0) is 36.0 Å². The van der Waals surface area contributed by atoms with Crippen LogP contribution < -0.4 is 4.90 Å². The first-order chi connectivity index (χ1) is 20.9. The van der Waals surface area contributed by atoms with Gasteiger partial charge in [0.1, 0.15) is 0 Å². The van der Waals surface area contributed by atoms with Gasteiger partial charge in [0.05, 0.1) is 11.8 Å². The predicted molar refractivity (Wildman–Crippen MR) is 165 cm³/mol. The summed E-state index contributed by atoms with van der Waals surface area (Å²) in [6, 6.07) is 7.87. The molecule has 0 saturated carbocycles. The van der Waals surface area contributed by atoms with E-state index in [1.807, 2.05) is 11.0 Å². The summed E-state index contributed by atoms with van der Waals surface area (Å²) in [7, 11) is 1.77. The Bertz CT molecular complexity index is 1590. The highest BCUT2D eigenvalue weighted by molar-refractivity contribution is 5.81. The minimum absolute atomic E-state index is 0.00981. The molecule has 44 heavy (non-hydrogen) atoms. The number of anilines is 2. The normalized spacial score (nSPS) is 19.0. The summed E-state index contributed by atoms with van der Waals surface area (Å²) in [6.45, 7) is 7.62. The molecule has 0 radical (unpaired) electrons. The highest BCUT2D eigenvalue weighted by Gasteiger charge is 2.33. The molecule has 3 aliphatic rings. The molecule has 0 aliphatic carbocycles. The van der Waals surface area contributed by atoms with E-state index in [0.29, 0.717) is 56.7 Å². The molecule has 4 heterocycles. The molecule has 234 valence electrons. The summed E-state index contributed by atoms with van der Waals surface area (Å²) in [5.41, 5.74) is 6.16. The molecule has 2 aromatic carbocycles. The number of halogens is 2. The summed E-state index contributed by atoms with van der Waals surface area (Å²) in [6.07, 6.45) is 4.19. The Morgan fingerprint density at radius 3 is 2.55 bits per heavy atom. The Hall–Kier alpha value is -3.79. The Balaban J connectivity index is 1.42. The summed E-state index contributed by atoms with van der Waals surface area (Å²) in [5, 5.41) is 14.5. The molecule has 3 aliphatic heterocycles. The van der Waals surface area contributed by atoms with Crippen molar-refractivity contribution in [2.45, 2.75) is 77.4 Å². The van der Waals surface area contributed by atoms with Crippen LogP contribution in [0.25, 0.3) is 11.1 Å². The number of aliphatic hydroxyl groups is 1. The lowest BCUT2D eigenvalue weighted by Crippen LogP contribution is -2.45. The van der Waals surface area contributed by atoms with Crippen LogP contribution >= 0.6 is 0 Å². The van der Waals surface area contributed by atoms with Crippen LogP contribution in [-0.4, -0.2) is 68.3 Å². The molecule has 0 bridgehead atoms. The van der Waals surface area contributed by atoms with Crippen molar-refractivity contribution >= 4 is 23.2 Å². The van der Waals surface area contributed by atoms with Gasteiger partial charge in [0.15, 0.2) is 0 Å². The SMILES string of the molecule is CC(=O)N1CCc2cc(C3CCN(CC(C)(C)O)C(=O)C3)cc(N3CCCc4cc(-c5cnn(C)c5)c(C(F)F)cc43)c2C1. The molecule has 10 heteroatoms. The van der Waals surface area contributed by atoms with Crippen LogP contribution in [0.1, 0.15) is 80.2 Å². The number of β-amino-alcohol motifs (C(OH)–C–C–N with tert-alkyl or cyclic N) is 1. The van der Waals surface area contributed by atoms with Crippen molar-refractivity contribution in [1.29, 1.82) is 0 Å². The van der Waals surface area contributed by atoms with Gasteiger partial charge in [-0.15, -0.1) is 0 Å². The summed E-state index contributed by atoms with van der Waals surface area (Å²) >= 11 is 0. The standard InChI is InChI=1S/C34H41F2N5O3/c1-21(42)39-10-8-23-12-25(22-7-11-40(32(43)15-22)20-34(2,3)44)14-31(29(23)19-39)41-9-5-6-24-13-27(26-17-37-38(4)18-26)28(33(35)36)16-30(24)41/h12-14,16-18,22,33,44H,5-11,15,19-20H2,1-4H3. The fourth-order valence-electron chi connectivity index (χ4n) is 7.10. The number of carbonyl (C=O) groups is 2. The number of benzene rings is 2. The number of alkyl halides is 2. The molecule has 1 saturated heterocycles. The van der Waals surface area contributed by atoms with E-state index >= 15 is 0 Å². The van der Waals surface area contributed by atoms with Crippen molar-refractivity contribution in [2.75, 3.05) is 31.1 Å². The number of piperidine rings is 1. The number of likely N-dealkylation sites (tertiary alicyclic amines) is 1. The number of carbonyl (C=O) groups excluding carboxylic acids is 2. The maximum absolute atomic E-state index is 14.6. The predicted octanol–water partition coefficient (Wildman–Crippen LogP) is 5.49. The highest BCUT2D eigenvalue weighted by atomic mass is 19.3. The van der Waals surface area contributed by atoms with E-state index in [2.05, 4.69) is 22.1 Å². The third kappa shape index (κ3) is 5.96. The Kier molecular flexibility index (Phi) is 7.98. The monoisotopic (exact) mass is 605 g/mol. The second-order valence-corrected chi connectivity index (χ2v) is 13.2. The number of nitrogens with zero attached hydrogens (tertiary/aromatic N) is 5. The topological polar surface area (TPSA) is 81.9 Å². The van der Waals surface area contributed by atoms with Crippen LogP contribution in [0.4, 0.5) is 20.2 Å². The Morgan fingerprint density at radius 1 is 1.09 bits per heavy atom. The average molecular weight is 606 g/mol. The summed E-state index contributed by atoms with van der Waals surface area (Å²) in [4.78, 5) is 31.3. The fourth-order valence-corrected chi connectivity index (χ4v) is 7.10. The van der Waals surface area contributed by atoms with Crippen molar-refractivity contribution in [3.63, 3.8) is 0 Å². The van der Waals surface area contributed by atoms with E-state index in [-0.39, 0.29) is 23.3 Å². The van der Waals surface area contributed by atoms with E-state index in [0.717, 1.165) is 52.9 Å². The van der Waals surface area contributed by atoms with Crippen LogP contribution in [0.2, 0.25) is 0 Å². The number of aryl methyl sites for hydroxylation is 2. The average Bonchev–Trinajstić information content (AvgIpc) is 3.41.